The Balaban J connectivity index is 2.51. The van der Waals surface area contributed by atoms with Crippen LogP contribution in [0.2, 0.25) is 5.02 Å². The van der Waals surface area contributed by atoms with Gasteiger partial charge in [-0.05, 0) is 46.3 Å². The lowest BCUT2D eigenvalue weighted by Crippen LogP contribution is -2.16. The maximum Gasteiger partial charge on any atom is 0.265 e. The van der Waals surface area contributed by atoms with Crippen LogP contribution in [0.25, 0.3) is 0 Å². The fourth-order valence-corrected chi connectivity index (χ4v) is 3.40. The van der Waals surface area contributed by atoms with E-state index in [-0.39, 0.29) is 16.4 Å². The van der Waals surface area contributed by atoms with Crippen molar-refractivity contribution in [3.63, 3.8) is 0 Å². The van der Waals surface area contributed by atoms with E-state index in [1.54, 1.807) is 0 Å². The molecule has 3 N–H and O–H groups in total. The number of nitrogens with two attached hydrogens (primary N) is 1. The van der Waals surface area contributed by atoms with Crippen molar-refractivity contribution in [3.05, 3.63) is 51.5 Å². The number of nitrogen functional groups attached to an aromatic ring is 1. The van der Waals surface area contributed by atoms with Gasteiger partial charge in [-0.25, -0.2) is 17.2 Å². The summed E-state index contributed by atoms with van der Waals surface area (Å²) in [7, 11) is -4.36. The number of hydrogen-bond acceptors (Lipinski definition) is 3. The number of benzene rings is 2. The molecule has 2 aromatic carbocycles. The predicted molar refractivity (Wildman–Crippen MR) is 80.7 cm³/mol. The van der Waals surface area contributed by atoms with Crippen molar-refractivity contribution in [3.8, 4) is 0 Å². The molecule has 0 saturated carbocycles. The van der Waals surface area contributed by atoms with Crippen molar-refractivity contribution >= 4 is 48.9 Å². The van der Waals surface area contributed by atoms with E-state index in [4.69, 9.17) is 17.3 Å². The highest BCUT2D eigenvalue weighted by Gasteiger charge is 2.23. The smallest absolute Gasteiger partial charge is 0.265 e. The first-order chi connectivity index (χ1) is 9.70. The van der Waals surface area contributed by atoms with E-state index in [0.29, 0.717) is 10.5 Å². The van der Waals surface area contributed by atoms with Crippen LogP contribution >= 0.6 is 27.5 Å². The molecule has 0 amide bonds. The minimum Gasteiger partial charge on any atom is -0.399 e. The molecule has 0 radical (unpaired) electrons. The fraction of sp³-hybridized carbons (Fsp3) is 0. The Labute approximate surface area is 133 Å². The second-order valence-electron chi connectivity index (χ2n) is 4.04. The number of anilines is 2. The van der Waals surface area contributed by atoms with Gasteiger partial charge in [0, 0.05) is 15.2 Å². The maximum atomic E-state index is 13.7. The minimum absolute atomic E-state index is 0.0877. The van der Waals surface area contributed by atoms with Crippen LogP contribution < -0.4 is 10.5 Å². The molecular weight excluding hydrogens is 390 g/mol. The van der Waals surface area contributed by atoms with E-state index < -0.39 is 26.6 Å². The van der Waals surface area contributed by atoms with Crippen LogP contribution in [0, 0.1) is 11.6 Å². The second kappa shape index (κ2) is 5.78. The molecular formula is C12H8BrClF2N2O2S. The summed E-state index contributed by atoms with van der Waals surface area (Å²) < 4.78 is 53.8. The summed E-state index contributed by atoms with van der Waals surface area (Å²) in [6.07, 6.45) is 0. The molecule has 0 aliphatic heterocycles. The van der Waals surface area contributed by atoms with E-state index in [0.717, 1.165) is 6.07 Å². The van der Waals surface area contributed by atoms with E-state index in [1.165, 1.54) is 18.2 Å². The summed E-state index contributed by atoms with van der Waals surface area (Å²) in [4.78, 5) is -0.883. The average molecular weight is 398 g/mol. The molecule has 0 saturated heterocycles. The molecule has 9 heteroatoms. The largest absolute Gasteiger partial charge is 0.399 e. The molecule has 0 fully saturated rings. The van der Waals surface area contributed by atoms with Crippen LogP contribution in [0.15, 0.2) is 39.7 Å². The zero-order valence-electron chi connectivity index (χ0n) is 10.2. The lowest BCUT2D eigenvalue weighted by molar-refractivity contribution is 0.486. The van der Waals surface area contributed by atoms with Crippen molar-refractivity contribution < 1.29 is 17.2 Å². The lowest BCUT2D eigenvalue weighted by atomic mass is 10.3. The number of nitrogens with one attached hydrogen (secondary N) is 1. The Morgan fingerprint density at radius 3 is 2.52 bits per heavy atom. The van der Waals surface area contributed by atoms with Gasteiger partial charge in [0.05, 0.1) is 5.69 Å². The molecule has 0 bridgehead atoms. The summed E-state index contributed by atoms with van der Waals surface area (Å²) in [6.45, 7) is 0. The van der Waals surface area contributed by atoms with Crippen LogP contribution in [-0.2, 0) is 10.0 Å². The Hall–Kier alpha value is -1.38. The first-order valence-corrected chi connectivity index (χ1v) is 8.08. The Morgan fingerprint density at radius 2 is 1.86 bits per heavy atom. The maximum absolute atomic E-state index is 13.7. The molecule has 0 atom stereocenters. The highest BCUT2D eigenvalue weighted by Crippen LogP contribution is 2.29. The second-order valence-corrected chi connectivity index (χ2v) is 6.99. The molecule has 0 aliphatic rings. The van der Waals surface area contributed by atoms with Gasteiger partial charge in [0.15, 0.2) is 11.6 Å². The minimum atomic E-state index is -4.36. The predicted octanol–water partition coefficient (Wildman–Crippen LogP) is 3.76. The van der Waals surface area contributed by atoms with Crippen LogP contribution in [0.1, 0.15) is 0 Å². The molecule has 4 nitrogen and oxygen atoms in total. The summed E-state index contributed by atoms with van der Waals surface area (Å²) in [5, 5.41) is 0.273. The number of rotatable bonds is 3. The molecule has 0 aliphatic carbocycles. The van der Waals surface area contributed by atoms with Crippen LogP contribution in [0.5, 0.6) is 0 Å². The quantitative estimate of drug-likeness (QED) is 0.775. The highest BCUT2D eigenvalue weighted by atomic mass is 79.9. The molecule has 0 aromatic heterocycles. The van der Waals surface area contributed by atoms with Crippen molar-refractivity contribution in [1.82, 2.24) is 0 Å². The van der Waals surface area contributed by atoms with Gasteiger partial charge < -0.3 is 5.73 Å². The van der Waals surface area contributed by atoms with Crippen molar-refractivity contribution in [2.24, 2.45) is 0 Å². The van der Waals surface area contributed by atoms with Crippen LogP contribution in [0.3, 0.4) is 0 Å². The standard InChI is InChI=1S/C12H8BrClF2N2O2S/c13-8-2-1-6(14)3-10(8)18-21(19,20)11-5-7(17)4-9(15)12(11)16/h1-5,18H,17H2. The molecule has 0 heterocycles. The van der Waals surface area contributed by atoms with Gasteiger partial charge >= 0.3 is 0 Å². The molecule has 21 heavy (non-hydrogen) atoms. The molecule has 2 aromatic rings. The van der Waals surface area contributed by atoms with Gasteiger partial charge in [-0.3, -0.25) is 4.72 Å². The van der Waals surface area contributed by atoms with E-state index in [1.807, 2.05) is 0 Å². The number of sulfonamides is 1. The van der Waals surface area contributed by atoms with Gasteiger partial charge in [0.2, 0.25) is 0 Å². The number of halogens is 4. The third-order valence-corrected chi connectivity index (χ3v) is 4.77. The van der Waals surface area contributed by atoms with Gasteiger partial charge in [0.25, 0.3) is 10.0 Å². The van der Waals surface area contributed by atoms with Gasteiger partial charge in [-0.2, -0.15) is 0 Å². The van der Waals surface area contributed by atoms with Crippen LogP contribution in [-0.4, -0.2) is 8.42 Å². The van der Waals surface area contributed by atoms with Gasteiger partial charge in [-0.1, -0.05) is 11.6 Å². The summed E-state index contributed by atoms with van der Waals surface area (Å²) >= 11 is 8.89. The SMILES string of the molecule is Nc1cc(F)c(F)c(S(=O)(=O)Nc2cc(Cl)ccc2Br)c1. The van der Waals surface area contributed by atoms with Crippen molar-refractivity contribution in [2.45, 2.75) is 4.90 Å². The van der Waals surface area contributed by atoms with Gasteiger partial charge in [0.1, 0.15) is 4.90 Å². The van der Waals surface area contributed by atoms with E-state index in [9.17, 15) is 17.2 Å². The molecule has 0 unspecified atom stereocenters. The van der Waals surface area contributed by atoms with E-state index in [2.05, 4.69) is 20.7 Å². The first kappa shape index (κ1) is 16.0. The summed E-state index contributed by atoms with van der Waals surface area (Å²) in [5.74, 6) is -2.85. The Morgan fingerprint density at radius 1 is 1.19 bits per heavy atom. The fourth-order valence-electron chi connectivity index (χ4n) is 1.55. The average Bonchev–Trinajstić information content (AvgIpc) is 2.37. The number of hydrogen-bond donors (Lipinski definition) is 2. The molecule has 0 spiro atoms. The normalized spacial score (nSPS) is 11.4. The Kier molecular flexibility index (Phi) is 4.40. The third kappa shape index (κ3) is 3.45. The zero-order valence-corrected chi connectivity index (χ0v) is 13.4. The topological polar surface area (TPSA) is 72.2 Å². The van der Waals surface area contributed by atoms with Crippen molar-refractivity contribution in [2.75, 3.05) is 10.5 Å². The van der Waals surface area contributed by atoms with Crippen molar-refractivity contribution in [1.29, 1.82) is 0 Å². The van der Waals surface area contributed by atoms with Crippen LogP contribution in [0.4, 0.5) is 20.2 Å². The Bertz CT molecular complexity index is 815. The summed E-state index contributed by atoms with van der Waals surface area (Å²) in [5.41, 5.74) is 5.22. The lowest BCUT2D eigenvalue weighted by Gasteiger charge is -2.11. The summed E-state index contributed by atoms with van der Waals surface area (Å²) in [6, 6.07) is 5.90. The molecule has 112 valence electrons. The van der Waals surface area contributed by atoms with Gasteiger partial charge in [-0.15, -0.1) is 0 Å². The van der Waals surface area contributed by atoms with E-state index >= 15 is 0 Å². The molecule has 2 rings (SSSR count). The monoisotopic (exact) mass is 396 g/mol. The first-order valence-electron chi connectivity index (χ1n) is 5.43. The zero-order chi connectivity index (χ0) is 15.8. The third-order valence-electron chi connectivity index (χ3n) is 2.48. The highest BCUT2D eigenvalue weighted by molar-refractivity contribution is 9.10.